The van der Waals surface area contributed by atoms with Gasteiger partial charge in [0, 0.05) is 11.9 Å². The van der Waals surface area contributed by atoms with E-state index in [1.54, 1.807) is 24.4 Å². The first-order valence-electron chi connectivity index (χ1n) is 6.33. The van der Waals surface area contributed by atoms with Crippen molar-refractivity contribution in [3.8, 4) is 0 Å². The summed E-state index contributed by atoms with van der Waals surface area (Å²) in [4.78, 5) is 29.7. The maximum absolute atomic E-state index is 12.4. The van der Waals surface area contributed by atoms with Crippen molar-refractivity contribution in [1.82, 2.24) is 4.98 Å². The predicted molar refractivity (Wildman–Crippen MR) is 75.4 cm³/mol. The van der Waals surface area contributed by atoms with E-state index in [-0.39, 0.29) is 24.8 Å². The second-order valence-electron chi connectivity index (χ2n) is 4.54. The average molecular weight is 267 g/mol. The lowest BCUT2D eigenvalue weighted by Gasteiger charge is -2.29. The molecular weight excluding hydrogens is 254 g/mol. The van der Waals surface area contributed by atoms with E-state index in [4.69, 9.17) is 0 Å². The summed E-state index contributed by atoms with van der Waals surface area (Å²) in [5.74, 6) is -0.316. The number of anilines is 2. The molecule has 1 aromatic heterocycles. The first kappa shape index (κ1) is 12.3. The van der Waals surface area contributed by atoms with Gasteiger partial charge in [0.15, 0.2) is 0 Å². The fraction of sp³-hybridized carbons (Fsp3) is 0.133. The molecule has 0 saturated carbocycles. The number of rotatable bonds is 2. The zero-order valence-electron chi connectivity index (χ0n) is 10.7. The Bertz CT molecular complexity index is 655. The van der Waals surface area contributed by atoms with Gasteiger partial charge in [0.2, 0.25) is 11.8 Å². The molecular formula is C15H13N3O2. The molecule has 3 rings (SSSR count). The summed E-state index contributed by atoms with van der Waals surface area (Å²) in [5.41, 5.74) is 2.09. The fourth-order valence-corrected chi connectivity index (χ4v) is 2.21. The highest BCUT2D eigenvalue weighted by molar-refractivity contribution is 6.10. The van der Waals surface area contributed by atoms with E-state index in [2.05, 4.69) is 10.3 Å². The van der Waals surface area contributed by atoms with Gasteiger partial charge in [-0.2, -0.15) is 0 Å². The molecule has 2 amide bonds. The fourth-order valence-electron chi connectivity index (χ4n) is 2.21. The Balaban J connectivity index is 1.87. The van der Waals surface area contributed by atoms with E-state index < -0.39 is 0 Å². The van der Waals surface area contributed by atoms with Gasteiger partial charge in [0.1, 0.15) is 6.54 Å². The molecule has 0 saturated heterocycles. The summed E-state index contributed by atoms with van der Waals surface area (Å²) in [5, 5.41) is 2.76. The average Bonchev–Trinajstić information content (AvgIpc) is 2.47. The molecule has 1 N–H and O–H groups in total. The van der Waals surface area contributed by atoms with Crippen molar-refractivity contribution < 1.29 is 9.59 Å². The van der Waals surface area contributed by atoms with Crippen molar-refractivity contribution in [1.29, 1.82) is 0 Å². The van der Waals surface area contributed by atoms with Gasteiger partial charge in [0.05, 0.1) is 17.8 Å². The lowest BCUT2D eigenvalue weighted by atomic mass is 10.1. The molecule has 2 aromatic rings. The maximum atomic E-state index is 12.4. The molecule has 0 radical (unpaired) electrons. The minimum absolute atomic E-state index is 0.0443. The third-order valence-electron chi connectivity index (χ3n) is 3.13. The number of hydrogen-bond acceptors (Lipinski definition) is 3. The summed E-state index contributed by atoms with van der Waals surface area (Å²) in [6.45, 7) is 0.0443. The number of aromatic nitrogens is 1. The Morgan fingerprint density at radius 2 is 2.00 bits per heavy atom. The molecule has 0 spiro atoms. The predicted octanol–water partition coefficient (Wildman–Crippen LogP) is 1.61. The summed E-state index contributed by atoms with van der Waals surface area (Å²) in [6, 6.07) is 12.7. The molecule has 0 aliphatic carbocycles. The van der Waals surface area contributed by atoms with E-state index in [0.29, 0.717) is 11.4 Å². The smallest absolute Gasteiger partial charge is 0.244 e. The standard InChI is InChI=1S/C15H13N3O2/c19-14-10-18(13-7-2-1-6-12(13)17-14)15(20)9-11-5-3-4-8-16-11/h1-8H,9-10H2,(H,17,19). The molecule has 0 fully saturated rings. The summed E-state index contributed by atoms with van der Waals surface area (Å²) < 4.78 is 0. The van der Waals surface area contributed by atoms with Crippen LogP contribution in [0.4, 0.5) is 11.4 Å². The molecule has 100 valence electrons. The van der Waals surface area contributed by atoms with E-state index in [9.17, 15) is 9.59 Å². The van der Waals surface area contributed by atoms with Gasteiger partial charge in [-0.05, 0) is 24.3 Å². The molecule has 1 aliphatic rings. The number of pyridine rings is 1. The van der Waals surface area contributed by atoms with Crippen LogP contribution in [0.2, 0.25) is 0 Å². The summed E-state index contributed by atoms with van der Waals surface area (Å²) in [7, 11) is 0. The number of carbonyl (C=O) groups excluding carboxylic acids is 2. The van der Waals surface area contributed by atoms with E-state index in [0.717, 1.165) is 5.69 Å². The first-order valence-corrected chi connectivity index (χ1v) is 6.33. The van der Waals surface area contributed by atoms with Crippen LogP contribution < -0.4 is 10.2 Å². The molecule has 0 unspecified atom stereocenters. The monoisotopic (exact) mass is 267 g/mol. The Labute approximate surface area is 116 Å². The van der Waals surface area contributed by atoms with E-state index in [1.807, 2.05) is 24.3 Å². The number of nitrogens with one attached hydrogen (secondary N) is 1. The number of para-hydroxylation sites is 2. The maximum Gasteiger partial charge on any atom is 0.244 e. The van der Waals surface area contributed by atoms with Crippen LogP contribution in [0.5, 0.6) is 0 Å². The van der Waals surface area contributed by atoms with Crippen molar-refractivity contribution in [3.05, 3.63) is 54.4 Å². The third kappa shape index (κ3) is 2.38. The van der Waals surface area contributed by atoms with Crippen LogP contribution >= 0.6 is 0 Å². The Morgan fingerprint density at radius 3 is 2.80 bits per heavy atom. The van der Waals surface area contributed by atoms with Gasteiger partial charge < -0.3 is 10.2 Å². The van der Waals surface area contributed by atoms with Crippen molar-refractivity contribution in [3.63, 3.8) is 0 Å². The van der Waals surface area contributed by atoms with Gasteiger partial charge in [-0.25, -0.2) is 0 Å². The molecule has 5 nitrogen and oxygen atoms in total. The number of carbonyl (C=O) groups is 2. The summed E-state index contributed by atoms with van der Waals surface area (Å²) >= 11 is 0. The number of benzene rings is 1. The van der Waals surface area contributed by atoms with Crippen LogP contribution in [0.3, 0.4) is 0 Å². The van der Waals surface area contributed by atoms with Crippen molar-refractivity contribution in [2.75, 3.05) is 16.8 Å². The number of amides is 2. The number of hydrogen-bond donors (Lipinski definition) is 1. The normalized spacial score (nSPS) is 13.6. The van der Waals surface area contributed by atoms with Crippen LogP contribution in [0.1, 0.15) is 5.69 Å². The number of nitrogens with zero attached hydrogens (tertiary/aromatic N) is 2. The molecule has 1 aromatic carbocycles. The van der Waals surface area contributed by atoms with Gasteiger partial charge in [-0.1, -0.05) is 18.2 Å². The van der Waals surface area contributed by atoms with Gasteiger partial charge >= 0.3 is 0 Å². The zero-order valence-corrected chi connectivity index (χ0v) is 10.7. The second kappa shape index (κ2) is 5.13. The van der Waals surface area contributed by atoms with Gasteiger partial charge in [-0.3, -0.25) is 14.6 Å². The minimum Gasteiger partial charge on any atom is -0.323 e. The zero-order chi connectivity index (χ0) is 13.9. The molecule has 2 heterocycles. The highest BCUT2D eigenvalue weighted by Crippen LogP contribution is 2.29. The quantitative estimate of drug-likeness (QED) is 0.899. The van der Waals surface area contributed by atoms with E-state index in [1.165, 1.54) is 4.90 Å². The van der Waals surface area contributed by atoms with Gasteiger partial charge in [0.25, 0.3) is 0 Å². The molecule has 0 atom stereocenters. The Hall–Kier alpha value is -2.69. The lowest BCUT2D eigenvalue weighted by Crippen LogP contribution is -2.42. The largest absolute Gasteiger partial charge is 0.323 e. The lowest BCUT2D eigenvalue weighted by molar-refractivity contribution is -0.121. The highest BCUT2D eigenvalue weighted by Gasteiger charge is 2.26. The summed E-state index contributed by atoms with van der Waals surface area (Å²) in [6.07, 6.45) is 1.84. The van der Waals surface area contributed by atoms with Crippen molar-refractivity contribution >= 4 is 23.2 Å². The molecule has 1 aliphatic heterocycles. The molecule has 0 bridgehead atoms. The first-order chi connectivity index (χ1) is 9.74. The van der Waals surface area contributed by atoms with Gasteiger partial charge in [-0.15, -0.1) is 0 Å². The third-order valence-corrected chi connectivity index (χ3v) is 3.13. The van der Waals surface area contributed by atoms with E-state index >= 15 is 0 Å². The van der Waals surface area contributed by atoms with Crippen LogP contribution in [0.25, 0.3) is 0 Å². The van der Waals surface area contributed by atoms with Crippen LogP contribution in [-0.4, -0.2) is 23.3 Å². The van der Waals surface area contributed by atoms with Crippen molar-refractivity contribution in [2.24, 2.45) is 0 Å². The topological polar surface area (TPSA) is 62.3 Å². The van der Waals surface area contributed by atoms with Crippen LogP contribution in [0, 0.1) is 0 Å². The second-order valence-corrected chi connectivity index (χ2v) is 4.54. The Morgan fingerprint density at radius 1 is 1.20 bits per heavy atom. The highest BCUT2D eigenvalue weighted by atomic mass is 16.2. The van der Waals surface area contributed by atoms with Crippen LogP contribution in [0.15, 0.2) is 48.7 Å². The molecule has 20 heavy (non-hydrogen) atoms. The number of fused-ring (bicyclic) bond motifs is 1. The van der Waals surface area contributed by atoms with Crippen LogP contribution in [-0.2, 0) is 16.0 Å². The minimum atomic E-state index is -0.182. The van der Waals surface area contributed by atoms with Crippen molar-refractivity contribution in [2.45, 2.75) is 6.42 Å². The Kier molecular flexibility index (Phi) is 3.16. The SMILES string of the molecule is O=C1CN(C(=O)Cc2ccccn2)c2ccccc2N1. The molecule has 5 heteroatoms.